The van der Waals surface area contributed by atoms with Crippen molar-refractivity contribution in [3.05, 3.63) is 70.3 Å². The summed E-state index contributed by atoms with van der Waals surface area (Å²) in [5, 5.41) is 10.5. The number of anilines is 1. The average molecular weight is 417 g/mol. The normalized spacial score (nSPS) is 12.3. The number of hydrogen-bond donors (Lipinski definition) is 2. The average Bonchev–Trinajstić information content (AvgIpc) is 3.12. The van der Waals surface area contributed by atoms with Gasteiger partial charge in [-0.1, -0.05) is 47.6 Å². The summed E-state index contributed by atoms with van der Waals surface area (Å²) in [6.07, 6.45) is 3.54. The van der Waals surface area contributed by atoms with Gasteiger partial charge in [-0.05, 0) is 55.3 Å². The lowest BCUT2D eigenvalue weighted by Crippen LogP contribution is -2.23. The summed E-state index contributed by atoms with van der Waals surface area (Å²) in [7, 11) is 0. The molecule has 5 nitrogen and oxygen atoms in total. The molecular formula is C20H18ClFN4OS. The molecule has 0 aliphatic rings. The van der Waals surface area contributed by atoms with Crippen LogP contribution in [0.3, 0.4) is 0 Å². The molecule has 1 aromatic heterocycles. The first-order valence-corrected chi connectivity index (χ1v) is 9.77. The molecule has 3 aromatic rings. The standard InChI is InChI=1S/C20H18ClFN4OS/c1-12-16(21)4-3-5-17(12)23-19(27)13(2)28-20-24-18(25-26-20)11-8-14-6-9-15(22)10-7-14/h3-11,13H,1-2H3,(H,23,27)(H,24,25,26)/b11-8+/t13-/m0/s1. The molecule has 0 saturated heterocycles. The van der Waals surface area contributed by atoms with Crippen LogP contribution in [0.25, 0.3) is 12.2 Å². The maximum absolute atomic E-state index is 12.9. The minimum Gasteiger partial charge on any atom is -0.325 e. The van der Waals surface area contributed by atoms with Crippen molar-refractivity contribution < 1.29 is 9.18 Å². The number of aromatic nitrogens is 3. The minimum absolute atomic E-state index is 0.163. The molecule has 2 N–H and O–H groups in total. The Morgan fingerprint density at radius 3 is 2.75 bits per heavy atom. The first-order chi connectivity index (χ1) is 13.4. The Bertz CT molecular complexity index is 1000. The zero-order valence-electron chi connectivity index (χ0n) is 15.2. The van der Waals surface area contributed by atoms with Gasteiger partial charge in [0.2, 0.25) is 11.1 Å². The topological polar surface area (TPSA) is 70.7 Å². The lowest BCUT2D eigenvalue weighted by Gasteiger charge is -2.12. The van der Waals surface area contributed by atoms with E-state index in [1.807, 2.05) is 13.0 Å². The van der Waals surface area contributed by atoms with Gasteiger partial charge in [-0.15, -0.1) is 5.10 Å². The fraction of sp³-hybridized carbons (Fsp3) is 0.150. The molecule has 1 amide bonds. The van der Waals surface area contributed by atoms with E-state index in [0.717, 1.165) is 11.1 Å². The molecule has 3 rings (SSSR count). The molecule has 0 bridgehead atoms. The number of nitrogens with zero attached hydrogens (tertiary/aromatic N) is 2. The van der Waals surface area contributed by atoms with Gasteiger partial charge in [0.15, 0.2) is 0 Å². The molecule has 0 aliphatic carbocycles. The van der Waals surface area contributed by atoms with Gasteiger partial charge >= 0.3 is 0 Å². The Balaban J connectivity index is 1.60. The van der Waals surface area contributed by atoms with E-state index in [1.165, 1.54) is 23.9 Å². The predicted octanol–water partition coefficient (Wildman–Crippen LogP) is 5.20. The molecular weight excluding hydrogens is 399 g/mol. The zero-order valence-corrected chi connectivity index (χ0v) is 16.8. The highest BCUT2D eigenvalue weighted by Gasteiger charge is 2.18. The fourth-order valence-corrected chi connectivity index (χ4v) is 3.23. The van der Waals surface area contributed by atoms with E-state index in [9.17, 15) is 9.18 Å². The molecule has 1 heterocycles. The number of thioether (sulfide) groups is 1. The summed E-state index contributed by atoms with van der Waals surface area (Å²) in [6, 6.07) is 11.5. The summed E-state index contributed by atoms with van der Waals surface area (Å²) in [5.74, 6) is 0.101. The van der Waals surface area contributed by atoms with Crippen molar-refractivity contribution in [2.24, 2.45) is 0 Å². The summed E-state index contributed by atoms with van der Waals surface area (Å²) < 4.78 is 12.9. The van der Waals surface area contributed by atoms with Gasteiger partial charge in [0, 0.05) is 10.7 Å². The van der Waals surface area contributed by atoms with Gasteiger partial charge < -0.3 is 5.32 Å². The number of halogens is 2. The molecule has 0 fully saturated rings. The Hall–Kier alpha value is -2.64. The second-order valence-corrected chi connectivity index (χ2v) is 7.76. The quantitative estimate of drug-likeness (QED) is 0.542. The Morgan fingerprint density at radius 2 is 2.00 bits per heavy atom. The third-order valence-corrected chi connectivity index (χ3v) is 5.33. The van der Waals surface area contributed by atoms with E-state index in [0.29, 0.717) is 21.7 Å². The molecule has 8 heteroatoms. The van der Waals surface area contributed by atoms with E-state index in [1.54, 1.807) is 43.3 Å². The molecule has 0 radical (unpaired) electrons. The SMILES string of the molecule is Cc1c(Cl)cccc1NC(=O)[C@H](C)Sc1n[nH]c(/C=C/c2ccc(F)cc2)n1. The van der Waals surface area contributed by atoms with Crippen molar-refractivity contribution in [2.75, 3.05) is 5.32 Å². The van der Waals surface area contributed by atoms with Crippen molar-refractivity contribution >= 4 is 47.1 Å². The van der Waals surface area contributed by atoms with Crippen LogP contribution in [-0.2, 0) is 4.79 Å². The summed E-state index contributed by atoms with van der Waals surface area (Å²) in [4.78, 5) is 16.8. The maximum Gasteiger partial charge on any atom is 0.237 e. The Labute approximate surface area is 171 Å². The number of carbonyl (C=O) groups is 1. The number of rotatable bonds is 6. The molecule has 2 aromatic carbocycles. The smallest absolute Gasteiger partial charge is 0.237 e. The number of nitrogens with one attached hydrogen (secondary N) is 2. The number of aromatic amines is 1. The minimum atomic E-state index is -0.400. The van der Waals surface area contributed by atoms with Gasteiger partial charge in [0.1, 0.15) is 11.6 Å². The summed E-state index contributed by atoms with van der Waals surface area (Å²) in [6.45, 7) is 3.63. The molecule has 0 saturated carbocycles. The van der Waals surface area contributed by atoms with Crippen molar-refractivity contribution in [3.63, 3.8) is 0 Å². The van der Waals surface area contributed by atoms with E-state index in [2.05, 4.69) is 20.5 Å². The number of hydrogen-bond acceptors (Lipinski definition) is 4. The van der Waals surface area contributed by atoms with Gasteiger partial charge in [0.25, 0.3) is 0 Å². The number of carbonyl (C=O) groups excluding carboxylic acids is 1. The number of H-pyrrole nitrogens is 1. The Morgan fingerprint density at radius 1 is 1.25 bits per heavy atom. The van der Waals surface area contributed by atoms with Crippen molar-refractivity contribution in [2.45, 2.75) is 24.3 Å². The van der Waals surface area contributed by atoms with Crippen molar-refractivity contribution in [1.29, 1.82) is 0 Å². The predicted molar refractivity (Wildman–Crippen MR) is 112 cm³/mol. The lowest BCUT2D eigenvalue weighted by molar-refractivity contribution is -0.115. The molecule has 0 unspecified atom stereocenters. The molecule has 28 heavy (non-hydrogen) atoms. The van der Waals surface area contributed by atoms with Crippen LogP contribution in [0.15, 0.2) is 47.6 Å². The van der Waals surface area contributed by atoms with Crippen LogP contribution in [0.1, 0.15) is 23.9 Å². The largest absolute Gasteiger partial charge is 0.325 e. The third kappa shape index (κ3) is 5.21. The highest BCUT2D eigenvalue weighted by molar-refractivity contribution is 8.00. The van der Waals surface area contributed by atoms with Crippen LogP contribution in [0.2, 0.25) is 5.02 Å². The highest BCUT2D eigenvalue weighted by Crippen LogP contribution is 2.25. The van der Waals surface area contributed by atoms with Crippen LogP contribution < -0.4 is 5.32 Å². The Kier molecular flexibility index (Phi) is 6.49. The van der Waals surface area contributed by atoms with Crippen LogP contribution in [0, 0.1) is 12.7 Å². The van der Waals surface area contributed by atoms with Crippen LogP contribution in [0.4, 0.5) is 10.1 Å². The first kappa shape index (κ1) is 20.1. The van der Waals surface area contributed by atoms with Crippen molar-refractivity contribution in [3.8, 4) is 0 Å². The van der Waals surface area contributed by atoms with Crippen LogP contribution in [0.5, 0.6) is 0 Å². The highest BCUT2D eigenvalue weighted by atomic mass is 35.5. The lowest BCUT2D eigenvalue weighted by atomic mass is 10.2. The maximum atomic E-state index is 12.9. The summed E-state index contributed by atoms with van der Waals surface area (Å²) >= 11 is 7.33. The van der Waals surface area contributed by atoms with Crippen LogP contribution >= 0.6 is 23.4 Å². The molecule has 0 aliphatic heterocycles. The molecule has 0 spiro atoms. The second-order valence-electron chi connectivity index (χ2n) is 6.05. The van der Waals surface area contributed by atoms with E-state index in [-0.39, 0.29) is 11.7 Å². The second kappa shape index (κ2) is 9.03. The van der Waals surface area contributed by atoms with E-state index >= 15 is 0 Å². The van der Waals surface area contributed by atoms with E-state index < -0.39 is 5.25 Å². The van der Waals surface area contributed by atoms with E-state index in [4.69, 9.17) is 11.6 Å². The monoisotopic (exact) mass is 416 g/mol. The van der Waals surface area contributed by atoms with Gasteiger partial charge in [-0.3, -0.25) is 9.89 Å². The van der Waals surface area contributed by atoms with Gasteiger partial charge in [0.05, 0.1) is 5.25 Å². The number of benzene rings is 2. The summed E-state index contributed by atoms with van der Waals surface area (Å²) in [5.41, 5.74) is 2.35. The zero-order chi connectivity index (χ0) is 20.1. The molecule has 144 valence electrons. The van der Waals surface area contributed by atoms with Crippen molar-refractivity contribution in [1.82, 2.24) is 15.2 Å². The van der Waals surface area contributed by atoms with Gasteiger partial charge in [-0.2, -0.15) is 0 Å². The fourth-order valence-electron chi connectivity index (χ4n) is 2.32. The van der Waals surface area contributed by atoms with Crippen LogP contribution in [-0.4, -0.2) is 26.3 Å². The third-order valence-electron chi connectivity index (χ3n) is 3.96. The van der Waals surface area contributed by atoms with Gasteiger partial charge in [-0.25, -0.2) is 9.37 Å². The molecule has 1 atom stereocenters. The number of amides is 1. The first-order valence-electron chi connectivity index (χ1n) is 8.51.